The highest BCUT2D eigenvalue weighted by molar-refractivity contribution is 8.13. The van der Waals surface area contributed by atoms with E-state index in [0.29, 0.717) is 17.1 Å². The third-order valence-electron chi connectivity index (χ3n) is 2.06. The largest absolute Gasteiger partial charge is 0.493 e. The van der Waals surface area contributed by atoms with Crippen LogP contribution in [-0.4, -0.2) is 21.6 Å². The van der Waals surface area contributed by atoms with Crippen LogP contribution < -0.4 is 9.47 Å². The van der Waals surface area contributed by atoms with E-state index in [4.69, 9.17) is 31.8 Å². The molecule has 0 bridgehead atoms. The van der Waals surface area contributed by atoms with Crippen LogP contribution in [0, 0.1) is 0 Å². The molecule has 0 aliphatic rings. The molecule has 4 nitrogen and oxygen atoms in total. The molecule has 0 N–H and O–H groups in total. The maximum absolute atomic E-state index is 11.2. The Morgan fingerprint density at radius 1 is 1.33 bits per heavy atom. The van der Waals surface area contributed by atoms with E-state index in [1.807, 2.05) is 13.8 Å². The minimum absolute atomic E-state index is 0.144. The van der Waals surface area contributed by atoms with Crippen molar-refractivity contribution in [3.8, 4) is 11.5 Å². The molecule has 18 heavy (non-hydrogen) atoms. The van der Waals surface area contributed by atoms with Gasteiger partial charge in [-0.3, -0.25) is 0 Å². The molecule has 7 heteroatoms. The maximum atomic E-state index is 11.2. The molecule has 0 amide bonds. The Kier molecular flexibility index (Phi) is 5.13. The number of benzene rings is 1. The van der Waals surface area contributed by atoms with Gasteiger partial charge in [-0.2, -0.15) is 0 Å². The molecular weight excluding hydrogens is 299 g/mol. The first-order chi connectivity index (χ1) is 8.24. The highest BCUT2D eigenvalue weighted by Crippen LogP contribution is 2.38. The van der Waals surface area contributed by atoms with Crippen molar-refractivity contribution >= 4 is 31.3 Å². The van der Waals surface area contributed by atoms with E-state index in [1.54, 1.807) is 12.1 Å². The lowest BCUT2D eigenvalue weighted by molar-refractivity contribution is 0.228. The van der Waals surface area contributed by atoms with Gasteiger partial charge in [0.15, 0.2) is 11.5 Å². The summed E-state index contributed by atoms with van der Waals surface area (Å²) in [5.41, 5.74) is 0.305. The summed E-state index contributed by atoms with van der Waals surface area (Å²) < 4.78 is 33.1. The summed E-state index contributed by atoms with van der Waals surface area (Å²) >= 11 is 5.99. The first-order valence-corrected chi connectivity index (χ1v) is 8.04. The molecule has 1 rings (SSSR count). The molecule has 1 aromatic rings. The van der Waals surface area contributed by atoms with Gasteiger partial charge in [-0.25, -0.2) is 8.42 Å². The molecule has 0 aliphatic heterocycles. The highest BCUT2D eigenvalue weighted by atomic mass is 35.7. The zero-order valence-corrected chi connectivity index (χ0v) is 12.6. The monoisotopic (exact) mass is 312 g/mol. The Labute approximate surface area is 116 Å². The Morgan fingerprint density at radius 3 is 2.39 bits per heavy atom. The number of hydrogen-bond donors (Lipinski definition) is 0. The van der Waals surface area contributed by atoms with Crippen LogP contribution in [-0.2, 0) is 14.8 Å². The lowest BCUT2D eigenvalue weighted by Crippen LogP contribution is -2.10. The molecule has 0 saturated carbocycles. The molecule has 0 unspecified atom stereocenters. The Balaban J connectivity index is 3.35. The smallest absolute Gasteiger partial charge is 0.236 e. The van der Waals surface area contributed by atoms with E-state index in [0.717, 1.165) is 0 Å². The molecule has 102 valence electrons. The summed E-state index contributed by atoms with van der Waals surface area (Å²) in [6.07, 6.45) is -0.144. The lowest BCUT2D eigenvalue weighted by Gasteiger charge is -2.17. The van der Waals surface area contributed by atoms with E-state index in [9.17, 15) is 8.42 Å². The van der Waals surface area contributed by atoms with Crippen molar-refractivity contribution in [2.24, 2.45) is 0 Å². The predicted octanol–water partition coefficient (Wildman–Crippen LogP) is 3.20. The topological polar surface area (TPSA) is 52.6 Å². The minimum Gasteiger partial charge on any atom is -0.493 e. The summed E-state index contributed by atoms with van der Waals surface area (Å²) in [4.78, 5) is 0. The second-order valence-corrected chi connectivity index (χ2v) is 7.09. The fraction of sp³-hybridized carbons (Fsp3) is 0.455. The van der Waals surface area contributed by atoms with Crippen LogP contribution in [0.25, 0.3) is 0 Å². The molecule has 0 aliphatic carbocycles. The standard InChI is InChI=1S/C11H14Cl2O4S/c1-7(2)17-11-8(6-18(13,14)15)9(12)4-5-10(11)16-3/h4-5,7H,6H2,1-3H3. The minimum atomic E-state index is -3.73. The van der Waals surface area contributed by atoms with Crippen LogP contribution in [0.15, 0.2) is 12.1 Å². The summed E-state index contributed by atoms with van der Waals surface area (Å²) in [6, 6.07) is 3.16. The molecule has 0 spiro atoms. The van der Waals surface area contributed by atoms with Gasteiger partial charge < -0.3 is 9.47 Å². The van der Waals surface area contributed by atoms with Gasteiger partial charge in [0, 0.05) is 21.3 Å². The molecule has 0 heterocycles. The fourth-order valence-electron chi connectivity index (χ4n) is 1.41. The maximum Gasteiger partial charge on any atom is 0.236 e. The van der Waals surface area contributed by atoms with Crippen molar-refractivity contribution in [2.75, 3.05) is 7.11 Å². The van der Waals surface area contributed by atoms with E-state index in [-0.39, 0.29) is 11.1 Å². The van der Waals surface area contributed by atoms with E-state index in [2.05, 4.69) is 0 Å². The van der Waals surface area contributed by atoms with Crippen LogP contribution in [0.4, 0.5) is 0 Å². The average Bonchev–Trinajstić information content (AvgIpc) is 2.21. The number of hydrogen-bond acceptors (Lipinski definition) is 4. The van der Waals surface area contributed by atoms with Crippen LogP contribution in [0.1, 0.15) is 19.4 Å². The van der Waals surface area contributed by atoms with Gasteiger partial charge in [-0.15, -0.1) is 0 Å². The Hall–Kier alpha value is -0.650. The van der Waals surface area contributed by atoms with Crippen molar-refractivity contribution in [3.63, 3.8) is 0 Å². The summed E-state index contributed by atoms with van der Waals surface area (Å²) in [5, 5.41) is 0.274. The van der Waals surface area contributed by atoms with Gasteiger partial charge in [0.25, 0.3) is 0 Å². The van der Waals surface area contributed by atoms with Gasteiger partial charge >= 0.3 is 0 Å². The molecule has 1 aromatic carbocycles. The predicted molar refractivity (Wildman–Crippen MR) is 72.2 cm³/mol. The molecule has 0 radical (unpaired) electrons. The normalized spacial score (nSPS) is 11.7. The van der Waals surface area contributed by atoms with Crippen molar-refractivity contribution < 1.29 is 17.9 Å². The van der Waals surface area contributed by atoms with Gasteiger partial charge in [-0.1, -0.05) is 11.6 Å². The number of rotatable bonds is 5. The SMILES string of the molecule is COc1ccc(Cl)c(CS(=O)(=O)Cl)c1OC(C)C. The van der Waals surface area contributed by atoms with Crippen molar-refractivity contribution in [3.05, 3.63) is 22.7 Å². The molecule has 0 fully saturated rings. The Morgan fingerprint density at radius 2 is 1.94 bits per heavy atom. The van der Waals surface area contributed by atoms with E-state index < -0.39 is 14.8 Å². The zero-order valence-electron chi connectivity index (χ0n) is 10.2. The zero-order chi connectivity index (χ0) is 13.9. The third-order valence-corrected chi connectivity index (χ3v) is 3.37. The quantitative estimate of drug-likeness (QED) is 0.783. The molecule has 0 aromatic heterocycles. The number of ether oxygens (including phenoxy) is 2. The number of methoxy groups -OCH3 is 1. The molecule has 0 saturated heterocycles. The van der Waals surface area contributed by atoms with Crippen molar-refractivity contribution in [1.82, 2.24) is 0 Å². The van der Waals surface area contributed by atoms with Crippen LogP contribution in [0.5, 0.6) is 11.5 Å². The average molecular weight is 313 g/mol. The molecule has 0 atom stereocenters. The van der Waals surface area contributed by atoms with E-state index in [1.165, 1.54) is 7.11 Å². The van der Waals surface area contributed by atoms with Gasteiger partial charge in [0.2, 0.25) is 9.05 Å². The lowest BCUT2D eigenvalue weighted by atomic mass is 10.2. The molecular formula is C11H14Cl2O4S. The highest BCUT2D eigenvalue weighted by Gasteiger charge is 2.20. The van der Waals surface area contributed by atoms with Crippen LogP contribution in [0.3, 0.4) is 0 Å². The second-order valence-electron chi connectivity index (χ2n) is 3.91. The van der Waals surface area contributed by atoms with Gasteiger partial charge in [0.1, 0.15) is 0 Å². The van der Waals surface area contributed by atoms with Crippen LogP contribution >= 0.6 is 22.3 Å². The first-order valence-electron chi connectivity index (χ1n) is 5.19. The first kappa shape index (κ1) is 15.4. The van der Waals surface area contributed by atoms with Gasteiger partial charge in [-0.05, 0) is 26.0 Å². The van der Waals surface area contributed by atoms with Gasteiger partial charge in [0.05, 0.1) is 19.0 Å². The van der Waals surface area contributed by atoms with E-state index >= 15 is 0 Å². The fourth-order valence-corrected chi connectivity index (χ4v) is 2.67. The van der Waals surface area contributed by atoms with Crippen molar-refractivity contribution in [2.45, 2.75) is 25.7 Å². The Bertz CT molecular complexity index is 526. The second kappa shape index (κ2) is 5.99. The summed E-state index contributed by atoms with van der Waals surface area (Å²) in [5.74, 6) is 0.319. The van der Waals surface area contributed by atoms with Crippen molar-refractivity contribution in [1.29, 1.82) is 0 Å². The third kappa shape index (κ3) is 4.23. The van der Waals surface area contributed by atoms with Crippen LogP contribution in [0.2, 0.25) is 5.02 Å². The number of halogens is 2. The summed E-state index contributed by atoms with van der Waals surface area (Å²) in [7, 11) is 3.00. The summed E-state index contributed by atoms with van der Waals surface area (Å²) in [6.45, 7) is 3.64.